The maximum absolute atomic E-state index is 5.95. The van der Waals surface area contributed by atoms with E-state index in [1.165, 1.54) is 5.56 Å². The summed E-state index contributed by atoms with van der Waals surface area (Å²) in [6.07, 6.45) is 1.69. The third-order valence-electron chi connectivity index (χ3n) is 3.06. The minimum absolute atomic E-state index is 0.663. The highest BCUT2D eigenvalue weighted by molar-refractivity contribution is 9.10. The van der Waals surface area contributed by atoms with Crippen molar-refractivity contribution in [3.8, 4) is 0 Å². The molecule has 0 fully saturated rings. The summed E-state index contributed by atoms with van der Waals surface area (Å²) in [6.45, 7) is 2.07. The van der Waals surface area contributed by atoms with Crippen molar-refractivity contribution >= 4 is 51.2 Å². The van der Waals surface area contributed by atoms with Gasteiger partial charge >= 0.3 is 0 Å². The second kappa shape index (κ2) is 7.39. The minimum atomic E-state index is 0.663. The van der Waals surface area contributed by atoms with Crippen molar-refractivity contribution in [2.24, 2.45) is 4.99 Å². The lowest BCUT2D eigenvalue weighted by molar-refractivity contribution is 0.466. The first-order valence-electron chi connectivity index (χ1n) is 6.94. The standard InChI is InChI=1S/C18H13BrClNOS/c1-12-5-7-16(8-6-12)23-18-17(19)10-15(22-18)11-21-14-4-2-3-13(20)9-14/h2-11H,1H3. The van der Waals surface area contributed by atoms with Gasteiger partial charge in [-0.05, 0) is 53.2 Å². The van der Waals surface area contributed by atoms with Crippen LogP contribution in [0.1, 0.15) is 11.3 Å². The maximum atomic E-state index is 5.95. The van der Waals surface area contributed by atoms with Gasteiger partial charge in [-0.2, -0.15) is 0 Å². The fourth-order valence-corrected chi connectivity index (χ4v) is 3.42. The Labute approximate surface area is 152 Å². The van der Waals surface area contributed by atoms with Crippen molar-refractivity contribution in [1.29, 1.82) is 0 Å². The molecule has 23 heavy (non-hydrogen) atoms. The van der Waals surface area contributed by atoms with E-state index in [4.69, 9.17) is 16.0 Å². The Bertz CT molecular complexity index is 842. The largest absolute Gasteiger partial charge is 0.447 e. The average molecular weight is 407 g/mol. The molecule has 2 nitrogen and oxygen atoms in total. The van der Waals surface area contributed by atoms with E-state index in [0.29, 0.717) is 10.8 Å². The molecule has 0 saturated carbocycles. The number of rotatable bonds is 4. The average Bonchev–Trinajstić information content (AvgIpc) is 2.88. The lowest BCUT2D eigenvalue weighted by Crippen LogP contribution is -1.75. The van der Waals surface area contributed by atoms with Crippen LogP contribution in [0.5, 0.6) is 0 Å². The van der Waals surface area contributed by atoms with Gasteiger partial charge in [0.15, 0.2) is 5.09 Å². The Hall–Kier alpha value is -1.49. The first-order valence-corrected chi connectivity index (χ1v) is 8.92. The predicted molar refractivity (Wildman–Crippen MR) is 100 cm³/mol. The van der Waals surface area contributed by atoms with Crippen LogP contribution in [0.2, 0.25) is 5.02 Å². The molecule has 0 bridgehead atoms. The highest BCUT2D eigenvalue weighted by Gasteiger charge is 2.09. The Morgan fingerprint density at radius 3 is 2.65 bits per heavy atom. The van der Waals surface area contributed by atoms with Crippen molar-refractivity contribution in [2.45, 2.75) is 16.9 Å². The van der Waals surface area contributed by atoms with Gasteiger partial charge in [0.1, 0.15) is 5.76 Å². The first-order chi connectivity index (χ1) is 11.1. The van der Waals surface area contributed by atoms with Crippen LogP contribution in [0.15, 0.2) is 78.5 Å². The van der Waals surface area contributed by atoms with Gasteiger partial charge in [0.05, 0.1) is 16.4 Å². The number of furan rings is 1. The first kappa shape index (κ1) is 16.4. The van der Waals surface area contributed by atoms with Crippen LogP contribution < -0.4 is 0 Å². The molecule has 0 unspecified atom stereocenters. The molecule has 1 aromatic heterocycles. The number of halogens is 2. The van der Waals surface area contributed by atoms with Gasteiger partial charge in [0.2, 0.25) is 0 Å². The molecule has 0 N–H and O–H groups in total. The highest BCUT2D eigenvalue weighted by atomic mass is 79.9. The SMILES string of the molecule is Cc1ccc(Sc2oc(C=Nc3cccc(Cl)c3)cc2Br)cc1. The van der Waals surface area contributed by atoms with E-state index in [2.05, 4.69) is 52.1 Å². The number of benzene rings is 2. The Kier molecular flexibility index (Phi) is 5.26. The van der Waals surface area contributed by atoms with E-state index in [1.807, 2.05) is 24.3 Å². The summed E-state index contributed by atoms with van der Waals surface area (Å²) in [5, 5.41) is 1.47. The quantitative estimate of drug-likeness (QED) is 0.440. The zero-order chi connectivity index (χ0) is 16.2. The summed E-state index contributed by atoms with van der Waals surface area (Å²) in [5.74, 6) is 0.687. The van der Waals surface area contributed by atoms with Crippen LogP contribution in [-0.2, 0) is 0 Å². The molecule has 0 aliphatic rings. The number of hydrogen-bond donors (Lipinski definition) is 0. The second-order valence-electron chi connectivity index (χ2n) is 4.94. The monoisotopic (exact) mass is 405 g/mol. The molecular formula is C18H13BrClNOS. The summed E-state index contributed by atoms with van der Waals surface area (Å²) < 4.78 is 6.75. The van der Waals surface area contributed by atoms with Gasteiger partial charge in [-0.25, -0.2) is 0 Å². The molecule has 0 saturated heterocycles. The van der Waals surface area contributed by atoms with Gasteiger partial charge in [-0.3, -0.25) is 4.99 Å². The molecule has 5 heteroatoms. The van der Waals surface area contributed by atoms with E-state index in [1.54, 1.807) is 24.0 Å². The molecule has 3 aromatic rings. The summed E-state index contributed by atoms with van der Waals surface area (Å²) in [4.78, 5) is 5.51. The van der Waals surface area contributed by atoms with E-state index in [9.17, 15) is 0 Å². The Morgan fingerprint density at radius 2 is 1.91 bits per heavy atom. The van der Waals surface area contributed by atoms with Crippen molar-refractivity contribution in [1.82, 2.24) is 0 Å². The zero-order valence-corrected chi connectivity index (χ0v) is 15.5. The lowest BCUT2D eigenvalue weighted by atomic mass is 10.2. The van der Waals surface area contributed by atoms with Gasteiger partial charge in [-0.1, -0.05) is 47.1 Å². The van der Waals surface area contributed by atoms with Gasteiger partial charge in [-0.15, -0.1) is 0 Å². The molecule has 0 aliphatic carbocycles. The third kappa shape index (κ3) is 4.50. The van der Waals surface area contributed by atoms with Crippen LogP contribution in [-0.4, -0.2) is 6.21 Å². The molecule has 3 rings (SSSR count). The summed E-state index contributed by atoms with van der Waals surface area (Å²) >= 11 is 11.1. The number of aryl methyl sites for hydroxylation is 1. The molecular weight excluding hydrogens is 394 g/mol. The lowest BCUT2D eigenvalue weighted by Gasteiger charge is -1.99. The third-order valence-corrected chi connectivity index (χ3v) is 5.14. The number of nitrogens with zero attached hydrogens (tertiary/aromatic N) is 1. The Morgan fingerprint density at radius 1 is 1.13 bits per heavy atom. The smallest absolute Gasteiger partial charge is 0.179 e. The van der Waals surface area contributed by atoms with Crippen molar-refractivity contribution in [3.05, 3.63) is 75.4 Å². The summed E-state index contributed by atoms with van der Waals surface area (Å²) in [6, 6.07) is 17.6. The van der Waals surface area contributed by atoms with E-state index in [0.717, 1.165) is 20.1 Å². The van der Waals surface area contributed by atoms with Gasteiger partial charge < -0.3 is 4.42 Å². The van der Waals surface area contributed by atoms with Crippen molar-refractivity contribution in [2.75, 3.05) is 0 Å². The topological polar surface area (TPSA) is 25.5 Å². The van der Waals surface area contributed by atoms with E-state index in [-0.39, 0.29) is 0 Å². The molecule has 0 radical (unpaired) electrons. The normalized spacial score (nSPS) is 11.3. The second-order valence-corrected chi connectivity index (χ2v) is 7.27. The fraction of sp³-hybridized carbons (Fsp3) is 0.0556. The molecule has 0 amide bonds. The minimum Gasteiger partial charge on any atom is -0.447 e. The molecule has 116 valence electrons. The molecule has 0 spiro atoms. The van der Waals surface area contributed by atoms with E-state index >= 15 is 0 Å². The molecule has 1 heterocycles. The van der Waals surface area contributed by atoms with Gasteiger partial charge in [0.25, 0.3) is 0 Å². The number of aliphatic imine (C=N–C) groups is 1. The van der Waals surface area contributed by atoms with E-state index < -0.39 is 0 Å². The summed E-state index contributed by atoms with van der Waals surface area (Å²) in [5.41, 5.74) is 2.03. The summed E-state index contributed by atoms with van der Waals surface area (Å²) in [7, 11) is 0. The maximum Gasteiger partial charge on any atom is 0.179 e. The predicted octanol–water partition coefficient (Wildman–Crippen LogP) is 6.91. The molecule has 2 aromatic carbocycles. The van der Waals surface area contributed by atoms with Crippen LogP contribution in [0.3, 0.4) is 0 Å². The zero-order valence-electron chi connectivity index (χ0n) is 12.3. The van der Waals surface area contributed by atoms with Crippen LogP contribution >= 0.6 is 39.3 Å². The van der Waals surface area contributed by atoms with Crippen molar-refractivity contribution < 1.29 is 4.42 Å². The molecule has 0 aliphatic heterocycles. The Balaban J connectivity index is 1.76. The van der Waals surface area contributed by atoms with Crippen molar-refractivity contribution in [3.63, 3.8) is 0 Å². The van der Waals surface area contributed by atoms with Crippen LogP contribution in [0.4, 0.5) is 5.69 Å². The fourth-order valence-electron chi connectivity index (χ4n) is 1.91. The van der Waals surface area contributed by atoms with Crippen LogP contribution in [0, 0.1) is 6.92 Å². The highest BCUT2D eigenvalue weighted by Crippen LogP contribution is 2.35. The number of hydrogen-bond acceptors (Lipinski definition) is 3. The van der Waals surface area contributed by atoms with Gasteiger partial charge in [0, 0.05) is 16.0 Å². The molecule has 0 atom stereocenters. The van der Waals surface area contributed by atoms with Crippen LogP contribution in [0.25, 0.3) is 0 Å².